The molecule has 0 unspecified atom stereocenters. The van der Waals surface area contributed by atoms with Crippen molar-refractivity contribution in [3.05, 3.63) is 57.0 Å². The average Bonchev–Trinajstić information content (AvgIpc) is 3.28. The van der Waals surface area contributed by atoms with E-state index >= 15 is 0 Å². The number of aryl methyl sites for hydroxylation is 2. The van der Waals surface area contributed by atoms with Crippen LogP contribution in [0.5, 0.6) is 5.75 Å². The van der Waals surface area contributed by atoms with E-state index in [0.29, 0.717) is 48.9 Å². The quantitative estimate of drug-likeness (QED) is 0.512. The highest BCUT2D eigenvalue weighted by molar-refractivity contribution is 5.76. The zero-order valence-electron chi connectivity index (χ0n) is 17.5. The molecule has 0 aliphatic carbocycles. The predicted molar refractivity (Wildman–Crippen MR) is 115 cm³/mol. The number of imidazole rings is 2. The third kappa shape index (κ3) is 3.06. The lowest BCUT2D eigenvalue weighted by Gasteiger charge is -2.26. The summed E-state index contributed by atoms with van der Waals surface area (Å²) in [5.41, 5.74) is 1.26. The maximum absolute atomic E-state index is 13.4. The van der Waals surface area contributed by atoms with Crippen LogP contribution in [0.4, 0.5) is 0 Å². The molecule has 1 aromatic carbocycles. The van der Waals surface area contributed by atoms with E-state index in [1.54, 1.807) is 40.4 Å². The Bertz CT molecular complexity index is 1400. The third-order valence-electron chi connectivity index (χ3n) is 5.89. The fourth-order valence-corrected chi connectivity index (χ4v) is 4.22. The maximum atomic E-state index is 13.4. The van der Waals surface area contributed by atoms with Gasteiger partial charge in [-0.15, -0.1) is 0 Å². The minimum absolute atomic E-state index is 0.104. The number of aromatic nitrogens is 5. The monoisotopic (exact) mass is 424 g/mol. The first kappa shape index (κ1) is 19.6. The van der Waals surface area contributed by atoms with Crippen molar-refractivity contribution in [3.63, 3.8) is 0 Å². The van der Waals surface area contributed by atoms with Crippen LogP contribution in [0.1, 0.15) is 5.69 Å². The summed E-state index contributed by atoms with van der Waals surface area (Å²) in [5, 5.41) is 10.3. The van der Waals surface area contributed by atoms with Crippen LogP contribution in [0, 0.1) is 6.92 Å². The van der Waals surface area contributed by atoms with Crippen LogP contribution >= 0.6 is 0 Å². The van der Waals surface area contributed by atoms with Crippen LogP contribution < -0.4 is 11.2 Å². The summed E-state index contributed by atoms with van der Waals surface area (Å²) in [4.78, 5) is 33.1. The van der Waals surface area contributed by atoms with E-state index in [-0.39, 0.29) is 11.3 Å². The molecule has 10 heteroatoms. The number of rotatable bonds is 4. The molecule has 1 aliphatic heterocycles. The normalized spacial score (nSPS) is 15.3. The van der Waals surface area contributed by atoms with Gasteiger partial charge in [0.05, 0.1) is 18.9 Å². The lowest BCUT2D eigenvalue weighted by atomic mass is 10.3. The summed E-state index contributed by atoms with van der Waals surface area (Å²) in [7, 11) is 1.62. The van der Waals surface area contributed by atoms with Crippen LogP contribution in [0.2, 0.25) is 0 Å². The number of para-hydroxylation sites is 2. The highest BCUT2D eigenvalue weighted by Crippen LogP contribution is 2.26. The van der Waals surface area contributed by atoms with Gasteiger partial charge >= 0.3 is 5.69 Å². The first-order chi connectivity index (χ1) is 15.0. The van der Waals surface area contributed by atoms with Gasteiger partial charge < -0.3 is 9.84 Å². The van der Waals surface area contributed by atoms with Gasteiger partial charge in [-0.3, -0.25) is 27.8 Å². The van der Waals surface area contributed by atoms with Gasteiger partial charge in [0.2, 0.25) is 5.78 Å². The number of morpholine rings is 1. The smallest absolute Gasteiger partial charge is 0.332 e. The molecule has 1 aliphatic rings. The van der Waals surface area contributed by atoms with Crippen molar-refractivity contribution in [1.29, 1.82) is 0 Å². The van der Waals surface area contributed by atoms with E-state index in [1.165, 1.54) is 9.13 Å². The lowest BCUT2D eigenvalue weighted by molar-refractivity contribution is 0.0361. The van der Waals surface area contributed by atoms with Gasteiger partial charge in [0.1, 0.15) is 5.75 Å². The minimum Gasteiger partial charge on any atom is -0.506 e. The number of ether oxygens (including phenoxy) is 1. The van der Waals surface area contributed by atoms with Crippen LogP contribution in [0.3, 0.4) is 0 Å². The highest BCUT2D eigenvalue weighted by Gasteiger charge is 2.22. The Labute approximate surface area is 177 Å². The molecular formula is C21H24N6O4. The molecule has 1 saturated heterocycles. The first-order valence-corrected chi connectivity index (χ1v) is 10.3. The molecular weight excluding hydrogens is 400 g/mol. The van der Waals surface area contributed by atoms with Gasteiger partial charge in [0.15, 0.2) is 11.2 Å². The van der Waals surface area contributed by atoms with E-state index in [2.05, 4.69) is 9.88 Å². The predicted octanol–water partition coefficient (Wildman–Crippen LogP) is 0.485. The number of fused-ring (bicyclic) bond motifs is 3. The number of phenols is 1. The Morgan fingerprint density at radius 2 is 1.87 bits per heavy atom. The average molecular weight is 424 g/mol. The number of benzene rings is 1. The van der Waals surface area contributed by atoms with Gasteiger partial charge in [0, 0.05) is 45.1 Å². The summed E-state index contributed by atoms with van der Waals surface area (Å²) < 4.78 is 11.5. The fourth-order valence-electron chi connectivity index (χ4n) is 4.22. The van der Waals surface area contributed by atoms with E-state index in [0.717, 1.165) is 18.8 Å². The van der Waals surface area contributed by atoms with Crippen molar-refractivity contribution in [2.75, 3.05) is 32.8 Å². The van der Waals surface area contributed by atoms with Crippen molar-refractivity contribution >= 4 is 16.9 Å². The Morgan fingerprint density at radius 3 is 2.61 bits per heavy atom. The standard InChI is InChI=1S/C21H24N6O4/c1-14-13-26-17-18(22-20(26)27(14)15-5-3-4-6-16(15)28)23(2)21(30)25(19(17)29)8-7-24-9-11-31-12-10-24/h3-6,13,28H,7-12H2,1-2H3. The zero-order chi connectivity index (χ0) is 21.7. The third-order valence-corrected chi connectivity index (χ3v) is 5.89. The molecule has 3 aromatic heterocycles. The number of nitrogens with zero attached hydrogens (tertiary/aromatic N) is 6. The second-order valence-corrected chi connectivity index (χ2v) is 7.80. The molecule has 0 saturated carbocycles. The minimum atomic E-state index is -0.391. The second kappa shape index (κ2) is 7.40. The van der Waals surface area contributed by atoms with Crippen LogP contribution in [0.25, 0.3) is 22.6 Å². The molecule has 0 radical (unpaired) electrons. The number of hydrogen-bond donors (Lipinski definition) is 1. The van der Waals surface area contributed by atoms with Crippen molar-refractivity contribution in [2.45, 2.75) is 13.5 Å². The molecule has 4 heterocycles. The number of aromatic hydroxyl groups is 1. The molecule has 0 spiro atoms. The van der Waals surface area contributed by atoms with E-state index < -0.39 is 5.69 Å². The van der Waals surface area contributed by atoms with Crippen LogP contribution in [0.15, 0.2) is 40.1 Å². The Balaban J connectivity index is 1.68. The van der Waals surface area contributed by atoms with Gasteiger partial charge in [0.25, 0.3) is 5.56 Å². The SMILES string of the molecule is Cc1cn2c3c(=O)n(CCN4CCOCC4)c(=O)n(C)c3nc2n1-c1ccccc1O. The van der Waals surface area contributed by atoms with Gasteiger partial charge in [-0.05, 0) is 19.1 Å². The molecule has 1 fully saturated rings. The van der Waals surface area contributed by atoms with Crippen molar-refractivity contribution < 1.29 is 9.84 Å². The second-order valence-electron chi connectivity index (χ2n) is 7.80. The first-order valence-electron chi connectivity index (χ1n) is 10.3. The molecule has 162 valence electrons. The summed E-state index contributed by atoms with van der Waals surface area (Å²) in [6.45, 7) is 5.68. The molecule has 0 atom stereocenters. The molecule has 0 bridgehead atoms. The Hall–Kier alpha value is -3.37. The van der Waals surface area contributed by atoms with Crippen molar-refractivity contribution in [3.8, 4) is 11.4 Å². The Kier molecular flexibility index (Phi) is 4.67. The van der Waals surface area contributed by atoms with E-state index in [4.69, 9.17) is 4.74 Å². The molecule has 10 nitrogen and oxygen atoms in total. The highest BCUT2D eigenvalue weighted by atomic mass is 16.5. The Morgan fingerprint density at radius 1 is 1.13 bits per heavy atom. The van der Waals surface area contributed by atoms with Gasteiger partial charge in [-0.2, -0.15) is 4.98 Å². The number of hydrogen-bond acceptors (Lipinski definition) is 6. The van der Waals surface area contributed by atoms with E-state index in [9.17, 15) is 14.7 Å². The van der Waals surface area contributed by atoms with Crippen molar-refractivity contribution in [2.24, 2.45) is 7.05 Å². The van der Waals surface area contributed by atoms with Gasteiger partial charge in [-0.1, -0.05) is 12.1 Å². The zero-order valence-corrected chi connectivity index (χ0v) is 17.5. The van der Waals surface area contributed by atoms with Crippen LogP contribution in [-0.2, 0) is 18.3 Å². The fraction of sp³-hybridized carbons (Fsp3) is 0.381. The lowest BCUT2D eigenvalue weighted by Crippen LogP contribution is -2.44. The molecule has 1 N–H and O–H groups in total. The summed E-state index contributed by atoms with van der Waals surface area (Å²) in [5.74, 6) is 0.569. The largest absolute Gasteiger partial charge is 0.506 e. The molecule has 5 rings (SSSR count). The molecule has 4 aromatic rings. The van der Waals surface area contributed by atoms with Crippen molar-refractivity contribution in [1.82, 2.24) is 28.0 Å². The maximum Gasteiger partial charge on any atom is 0.332 e. The molecule has 31 heavy (non-hydrogen) atoms. The van der Waals surface area contributed by atoms with Crippen LogP contribution in [-0.4, -0.2) is 65.9 Å². The molecule has 0 amide bonds. The summed E-state index contributed by atoms with van der Waals surface area (Å²) in [6.07, 6.45) is 1.80. The van der Waals surface area contributed by atoms with Gasteiger partial charge in [-0.25, -0.2) is 4.79 Å². The van der Waals surface area contributed by atoms with E-state index in [1.807, 2.05) is 13.0 Å². The topological polar surface area (TPSA) is 98.9 Å². The number of phenolic OH excluding ortho intramolecular Hbond substituents is 1. The summed E-state index contributed by atoms with van der Waals surface area (Å²) >= 11 is 0. The summed E-state index contributed by atoms with van der Waals surface area (Å²) in [6, 6.07) is 6.94.